The molecule has 0 radical (unpaired) electrons. The summed E-state index contributed by atoms with van der Waals surface area (Å²) in [5.41, 5.74) is 1.62. The summed E-state index contributed by atoms with van der Waals surface area (Å²) in [5, 5.41) is 4.79. The number of carbonyl (C=O) groups excluding carboxylic acids is 1. The van der Waals surface area contributed by atoms with Gasteiger partial charge in [-0.3, -0.25) is 4.79 Å². The third kappa shape index (κ3) is 2.80. The van der Waals surface area contributed by atoms with E-state index in [0.717, 1.165) is 10.4 Å². The van der Waals surface area contributed by atoms with Crippen molar-refractivity contribution in [3.63, 3.8) is 0 Å². The molecule has 1 aromatic heterocycles. The predicted octanol–water partition coefficient (Wildman–Crippen LogP) is 2.86. The van der Waals surface area contributed by atoms with Gasteiger partial charge >= 0.3 is 0 Å². The molecule has 0 fully saturated rings. The predicted molar refractivity (Wildman–Crippen MR) is 78.0 cm³/mol. The summed E-state index contributed by atoms with van der Waals surface area (Å²) >= 11 is 1.59. The minimum Gasteiger partial charge on any atom is -0.308 e. The Bertz CT molecular complexity index is 642. The van der Waals surface area contributed by atoms with Crippen molar-refractivity contribution in [1.82, 2.24) is 5.32 Å². The fraction of sp³-hybridized carbons (Fsp3) is 0.0667. The third-order valence-corrected chi connectivity index (χ3v) is 3.60. The van der Waals surface area contributed by atoms with Gasteiger partial charge in [-0.15, -0.1) is 11.3 Å². The monoisotopic (exact) mass is 268 g/mol. The summed E-state index contributed by atoms with van der Waals surface area (Å²) in [5.74, 6) is 0.582. The molecule has 0 saturated carbocycles. The van der Waals surface area contributed by atoms with Crippen molar-refractivity contribution < 1.29 is 4.79 Å². The minimum atomic E-state index is -0.126. The second-order valence-electron chi connectivity index (χ2n) is 4.22. The Balaban J connectivity index is 1.80. The highest BCUT2D eigenvalue weighted by molar-refractivity contribution is 7.10. The van der Waals surface area contributed by atoms with Gasteiger partial charge in [0.2, 0.25) is 0 Å². The standard InChI is InChI=1S/C15H12N2OS/c18-15-13(10-12-7-4-8-19-12)16-14(17-15)9-11-5-2-1-3-6-11/h1-8,10H,9H2,(H,16,17,18)/b13-10+. The number of amides is 1. The molecule has 94 valence electrons. The Labute approximate surface area is 115 Å². The number of benzene rings is 1. The first kappa shape index (κ1) is 11.9. The van der Waals surface area contributed by atoms with Gasteiger partial charge in [-0.25, -0.2) is 4.99 Å². The van der Waals surface area contributed by atoms with Crippen LogP contribution in [0.5, 0.6) is 0 Å². The van der Waals surface area contributed by atoms with Crippen LogP contribution in [-0.4, -0.2) is 11.7 Å². The second kappa shape index (κ2) is 5.20. The third-order valence-electron chi connectivity index (χ3n) is 2.78. The molecule has 3 rings (SSSR count). The van der Waals surface area contributed by atoms with E-state index in [2.05, 4.69) is 10.3 Å². The van der Waals surface area contributed by atoms with E-state index < -0.39 is 0 Å². The van der Waals surface area contributed by atoms with Crippen LogP contribution < -0.4 is 5.32 Å². The molecule has 2 aromatic rings. The molecular formula is C15H12N2OS. The Morgan fingerprint density at radius 2 is 2.00 bits per heavy atom. The van der Waals surface area contributed by atoms with Crippen molar-refractivity contribution in [2.24, 2.45) is 4.99 Å². The van der Waals surface area contributed by atoms with Gasteiger partial charge < -0.3 is 5.32 Å². The summed E-state index contributed by atoms with van der Waals surface area (Å²) in [7, 11) is 0. The largest absolute Gasteiger partial charge is 0.308 e. The zero-order valence-electron chi connectivity index (χ0n) is 10.2. The van der Waals surface area contributed by atoms with E-state index >= 15 is 0 Å². The number of thiophene rings is 1. The minimum absolute atomic E-state index is 0.126. The van der Waals surface area contributed by atoms with Gasteiger partial charge in [0.25, 0.3) is 5.91 Å². The van der Waals surface area contributed by atoms with Gasteiger partial charge in [0, 0.05) is 11.3 Å². The maximum absolute atomic E-state index is 11.8. The molecule has 1 aliphatic heterocycles. The van der Waals surface area contributed by atoms with Crippen molar-refractivity contribution in [3.05, 3.63) is 64.0 Å². The molecule has 0 bridgehead atoms. The lowest BCUT2D eigenvalue weighted by Gasteiger charge is -1.99. The second-order valence-corrected chi connectivity index (χ2v) is 5.20. The summed E-state index contributed by atoms with van der Waals surface area (Å²) < 4.78 is 0. The van der Waals surface area contributed by atoms with E-state index in [-0.39, 0.29) is 5.91 Å². The quantitative estimate of drug-likeness (QED) is 0.854. The fourth-order valence-electron chi connectivity index (χ4n) is 1.90. The van der Waals surface area contributed by atoms with Crippen LogP contribution in [0.15, 0.2) is 58.5 Å². The summed E-state index contributed by atoms with van der Waals surface area (Å²) in [6.07, 6.45) is 2.46. The van der Waals surface area contributed by atoms with Crippen LogP contribution in [-0.2, 0) is 11.2 Å². The smallest absolute Gasteiger partial charge is 0.275 e. The van der Waals surface area contributed by atoms with E-state index in [1.807, 2.05) is 53.9 Å². The zero-order chi connectivity index (χ0) is 13.1. The number of nitrogens with zero attached hydrogens (tertiary/aromatic N) is 1. The number of aliphatic imine (C=N–C) groups is 1. The Morgan fingerprint density at radius 3 is 2.74 bits per heavy atom. The molecule has 0 atom stereocenters. The van der Waals surface area contributed by atoms with Crippen molar-refractivity contribution in [1.29, 1.82) is 0 Å². The van der Waals surface area contributed by atoms with Gasteiger partial charge in [0.05, 0.1) is 0 Å². The van der Waals surface area contributed by atoms with Crippen LogP contribution in [0.2, 0.25) is 0 Å². The summed E-state index contributed by atoms with van der Waals surface area (Å²) in [6, 6.07) is 13.9. The van der Waals surface area contributed by atoms with Crippen LogP contribution in [0.25, 0.3) is 6.08 Å². The lowest BCUT2D eigenvalue weighted by atomic mass is 10.1. The first-order valence-corrected chi connectivity index (χ1v) is 6.87. The molecule has 2 heterocycles. The molecule has 1 N–H and O–H groups in total. The molecule has 3 nitrogen and oxygen atoms in total. The van der Waals surface area contributed by atoms with Gasteiger partial charge in [-0.05, 0) is 23.1 Å². The van der Waals surface area contributed by atoms with Gasteiger partial charge in [0.1, 0.15) is 11.5 Å². The highest BCUT2D eigenvalue weighted by atomic mass is 32.1. The van der Waals surface area contributed by atoms with Crippen molar-refractivity contribution >= 4 is 29.2 Å². The van der Waals surface area contributed by atoms with Crippen molar-refractivity contribution in [2.75, 3.05) is 0 Å². The number of hydrogen-bond acceptors (Lipinski definition) is 3. The SMILES string of the molecule is O=C1NC(Cc2ccccc2)=N/C1=C/c1cccs1. The normalized spacial score (nSPS) is 16.5. The number of hydrogen-bond donors (Lipinski definition) is 1. The van der Waals surface area contributed by atoms with Crippen LogP contribution >= 0.6 is 11.3 Å². The van der Waals surface area contributed by atoms with Crippen molar-refractivity contribution in [3.8, 4) is 0 Å². The van der Waals surface area contributed by atoms with Crippen LogP contribution in [0.4, 0.5) is 0 Å². The Kier molecular flexibility index (Phi) is 3.25. The van der Waals surface area contributed by atoms with Crippen LogP contribution in [0.1, 0.15) is 10.4 Å². The maximum Gasteiger partial charge on any atom is 0.275 e. The molecule has 0 unspecified atom stereocenters. The molecule has 1 aromatic carbocycles. The van der Waals surface area contributed by atoms with E-state index in [0.29, 0.717) is 18.0 Å². The number of amidine groups is 1. The molecule has 1 aliphatic rings. The van der Waals surface area contributed by atoms with Crippen molar-refractivity contribution in [2.45, 2.75) is 6.42 Å². The Hall–Kier alpha value is -2.20. The molecule has 4 heteroatoms. The highest BCUT2D eigenvalue weighted by Crippen LogP contribution is 2.17. The van der Waals surface area contributed by atoms with E-state index in [1.54, 1.807) is 11.3 Å². The number of carbonyl (C=O) groups is 1. The number of nitrogens with one attached hydrogen (secondary N) is 1. The van der Waals surface area contributed by atoms with Crippen LogP contribution in [0.3, 0.4) is 0 Å². The van der Waals surface area contributed by atoms with Gasteiger partial charge in [0.15, 0.2) is 0 Å². The summed E-state index contributed by atoms with van der Waals surface area (Å²) in [4.78, 5) is 17.2. The summed E-state index contributed by atoms with van der Waals surface area (Å²) in [6.45, 7) is 0. The first-order valence-electron chi connectivity index (χ1n) is 5.99. The topological polar surface area (TPSA) is 41.5 Å². The van der Waals surface area contributed by atoms with E-state index in [1.165, 1.54) is 0 Å². The highest BCUT2D eigenvalue weighted by Gasteiger charge is 2.19. The molecule has 0 aliphatic carbocycles. The lowest BCUT2D eigenvalue weighted by molar-refractivity contribution is -0.115. The number of rotatable bonds is 3. The fourth-order valence-corrected chi connectivity index (χ4v) is 2.55. The van der Waals surface area contributed by atoms with E-state index in [4.69, 9.17) is 0 Å². The molecule has 1 amide bonds. The van der Waals surface area contributed by atoms with Gasteiger partial charge in [-0.1, -0.05) is 36.4 Å². The average Bonchev–Trinajstić information content (AvgIpc) is 3.02. The maximum atomic E-state index is 11.8. The molecular weight excluding hydrogens is 256 g/mol. The average molecular weight is 268 g/mol. The molecule has 19 heavy (non-hydrogen) atoms. The zero-order valence-corrected chi connectivity index (χ0v) is 11.0. The lowest BCUT2D eigenvalue weighted by Crippen LogP contribution is -2.25. The van der Waals surface area contributed by atoms with E-state index in [9.17, 15) is 4.79 Å². The Morgan fingerprint density at radius 1 is 1.16 bits per heavy atom. The molecule has 0 saturated heterocycles. The first-order chi connectivity index (χ1) is 9.31. The van der Waals surface area contributed by atoms with Crippen LogP contribution in [0, 0.1) is 0 Å². The molecule has 0 spiro atoms. The van der Waals surface area contributed by atoms with Gasteiger partial charge in [-0.2, -0.15) is 0 Å².